The van der Waals surface area contributed by atoms with Gasteiger partial charge in [0.25, 0.3) is 0 Å². The number of carbonyl (C=O) groups is 1. The Hall–Kier alpha value is -1.86. The lowest BCUT2D eigenvalue weighted by Gasteiger charge is -2.15. The maximum Gasteiger partial charge on any atom is 0.307 e. The zero-order valence-corrected chi connectivity index (χ0v) is 14.6. The maximum absolute atomic E-state index is 12.6. The van der Waals surface area contributed by atoms with Crippen LogP contribution in [0.3, 0.4) is 0 Å². The highest BCUT2D eigenvalue weighted by Gasteiger charge is 2.27. The molecule has 0 radical (unpaired) electrons. The second-order valence-electron chi connectivity index (χ2n) is 5.90. The fourth-order valence-electron chi connectivity index (χ4n) is 3.06. The Morgan fingerprint density at radius 3 is 2.67 bits per heavy atom. The van der Waals surface area contributed by atoms with Crippen LogP contribution in [0.4, 0.5) is 0 Å². The molecule has 0 N–H and O–H groups in total. The van der Waals surface area contributed by atoms with E-state index in [0.717, 1.165) is 23.7 Å². The molecule has 130 valence electrons. The van der Waals surface area contributed by atoms with Gasteiger partial charge in [0.05, 0.1) is 17.9 Å². The van der Waals surface area contributed by atoms with E-state index in [1.54, 1.807) is 23.4 Å². The van der Waals surface area contributed by atoms with Gasteiger partial charge in [-0.1, -0.05) is 0 Å². The Bertz CT molecular complexity index is 835. The summed E-state index contributed by atoms with van der Waals surface area (Å²) in [6.45, 7) is 3.87. The van der Waals surface area contributed by atoms with E-state index in [4.69, 9.17) is 4.74 Å². The molecule has 2 heterocycles. The van der Waals surface area contributed by atoms with Gasteiger partial charge in [0.1, 0.15) is 0 Å². The smallest absolute Gasteiger partial charge is 0.307 e. The molecule has 0 amide bonds. The van der Waals surface area contributed by atoms with Gasteiger partial charge in [-0.15, -0.1) is 0 Å². The van der Waals surface area contributed by atoms with E-state index in [2.05, 4.69) is 0 Å². The number of aromatic nitrogens is 1. The van der Waals surface area contributed by atoms with Crippen molar-refractivity contribution in [1.29, 1.82) is 0 Å². The normalized spacial score (nSPS) is 15.9. The largest absolute Gasteiger partial charge is 0.466 e. The number of nitrogens with zero attached hydrogens (tertiary/aromatic N) is 2. The lowest BCUT2D eigenvalue weighted by molar-refractivity contribution is -0.143. The van der Waals surface area contributed by atoms with Gasteiger partial charge in [0, 0.05) is 36.7 Å². The third-order valence-electron chi connectivity index (χ3n) is 4.31. The molecular formula is C17H22N2O4S. The summed E-state index contributed by atoms with van der Waals surface area (Å²) in [5.74, 6) is -0.229. The Morgan fingerprint density at radius 2 is 1.96 bits per heavy atom. The zero-order chi connectivity index (χ0) is 17.2. The Labute approximate surface area is 142 Å². The summed E-state index contributed by atoms with van der Waals surface area (Å²) in [5.41, 5.74) is 0.916. The Morgan fingerprint density at radius 1 is 1.21 bits per heavy atom. The molecule has 0 bridgehead atoms. The predicted molar refractivity (Wildman–Crippen MR) is 91.2 cm³/mol. The van der Waals surface area contributed by atoms with E-state index in [9.17, 15) is 13.2 Å². The van der Waals surface area contributed by atoms with Gasteiger partial charge in [-0.2, -0.15) is 4.31 Å². The SMILES string of the molecule is CCOC(=O)CCn1ccc2cc(S(=O)(=O)N3CCCC3)ccc21. The molecule has 0 unspecified atom stereocenters. The monoisotopic (exact) mass is 350 g/mol. The van der Waals surface area contributed by atoms with Gasteiger partial charge in [-0.05, 0) is 44.0 Å². The van der Waals surface area contributed by atoms with E-state index < -0.39 is 10.0 Å². The molecule has 1 aliphatic rings. The first-order valence-corrected chi connectivity index (χ1v) is 9.71. The van der Waals surface area contributed by atoms with Crippen molar-refractivity contribution in [2.24, 2.45) is 0 Å². The molecule has 0 aliphatic carbocycles. The van der Waals surface area contributed by atoms with Crippen LogP contribution < -0.4 is 0 Å². The maximum atomic E-state index is 12.6. The van der Waals surface area contributed by atoms with E-state index in [1.165, 1.54) is 0 Å². The van der Waals surface area contributed by atoms with Crippen LogP contribution in [-0.4, -0.2) is 43.0 Å². The minimum atomic E-state index is -3.40. The second kappa shape index (κ2) is 6.94. The summed E-state index contributed by atoms with van der Waals surface area (Å²) in [5, 5.41) is 0.860. The molecule has 1 aliphatic heterocycles. The van der Waals surface area contributed by atoms with E-state index in [0.29, 0.717) is 37.6 Å². The van der Waals surface area contributed by atoms with Gasteiger partial charge >= 0.3 is 5.97 Å². The highest BCUT2D eigenvalue weighted by Crippen LogP contribution is 2.25. The number of aryl methyl sites for hydroxylation is 1. The van der Waals surface area contributed by atoms with E-state index in [-0.39, 0.29) is 5.97 Å². The lowest BCUT2D eigenvalue weighted by Crippen LogP contribution is -2.27. The van der Waals surface area contributed by atoms with Crippen molar-refractivity contribution in [2.75, 3.05) is 19.7 Å². The number of benzene rings is 1. The Balaban J connectivity index is 1.82. The van der Waals surface area contributed by atoms with Gasteiger partial charge in [-0.3, -0.25) is 4.79 Å². The number of hydrogen-bond acceptors (Lipinski definition) is 4. The number of hydrogen-bond donors (Lipinski definition) is 0. The highest BCUT2D eigenvalue weighted by atomic mass is 32.2. The van der Waals surface area contributed by atoms with Crippen LogP contribution in [0, 0.1) is 0 Å². The molecule has 0 spiro atoms. The summed E-state index contributed by atoms with van der Waals surface area (Å²) < 4.78 is 33.7. The summed E-state index contributed by atoms with van der Waals surface area (Å²) in [6, 6.07) is 7.05. The second-order valence-corrected chi connectivity index (χ2v) is 7.83. The molecule has 1 aromatic heterocycles. The predicted octanol–water partition coefficient (Wildman–Crippen LogP) is 2.38. The van der Waals surface area contributed by atoms with Crippen LogP contribution in [0.5, 0.6) is 0 Å². The van der Waals surface area contributed by atoms with Crippen molar-refractivity contribution in [3.8, 4) is 0 Å². The molecule has 3 rings (SSSR count). The van der Waals surface area contributed by atoms with Crippen molar-refractivity contribution in [2.45, 2.75) is 37.6 Å². The minimum Gasteiger partial charge on any atom is -0.466 e. The molecule has 7 heteroatoms. The molecule has 0 atom stereocenters. The van der Waals surface area contributed by atoms with Crippen LogP contribution in [0.2, 0.25) is 0 Å². The molecule has 24 heavy (non-hydrogen) atoms. The molecular weight excluding hydrogens is 328 g/mol. The number of sulfonamides is 1. The van der Waals surface area contributed by atoms with Crippen LogP contribution in [0.15, 0.2) is 35.4 Å². The first-order chi connectivity index (χ1) is 11.5. The average molecular weight is 350 g/mol. The topological polar surface area (TPSA) is 68.6 Å². The fraction of sp³-hybridized carbons (Fsp3) is 0.471. The number of esters is 1. The number of carbonyl (C=O) groups excluding carboxylic acids is 1. The van der Waals surface area contributed by atoms with Crippen molar-refractivity contribution in [3.05, 3.63) is 30.5 Å². The molecule has 1 fully saturated rings. The van der Waals surface area contributed by atoms with Crippen LogP contribution in [0.1, 0.15) is 26.2 Å². The average Bonchev–Trinajstić information content (AvgIpc) is 3.23. The molecule has 1 aromatic carbocycles. The van der Waals surface area contributed by atoms with E-state index in [1.807, 2.05) is 22.9 Å². The third-order valence-corrected chi connectivity index (χ3v) is 6.20. The fourth-order valence-corrected chi connectivity index (χ4v) is 4.61. The summed E-state index contributed by atoms with van der Waals surface area (Å²) in [4.78, 5) is 11.8. The van der Waals surface area contributed by atoms with Crippen LogP contribution in [-0.2, 0) is 26.1 Å². The van der Waals surface area contributed by atoms with Crippen molar-refractivity contribution in [3.63, 3.8) is 0 Å². The van der Waals surface area contributed by atoms with Gasteiger partial charge < -0.3 is 9.30 Å². The van der Waals surface area contributed by atoms with Gasteiger partial charge in [0.15, 0.2) is 0 Å². The van der Waals surface area contributed by atoms with Crippen molar-refractivity contribution in [1.82, 2.24) is 8.87 Å². The molecule has 0 saturated carbocycles. The molecule has 1 saturated heterocycles. The number of ether oxygens (including phenoxy) is 1. The highest BCUT2D eigenvalue weighted by molar-refractivity contribution is 7.89. The molecule has 6 nitrogen and oxygen atoms in total. The summed E-state index contributed by atoms with van der Waals surface area (Å²) in [7, 11) is -3.40. The number of fused-ring (bicyclic) bond motifs is 1. The Kier molecular flexibility index (Phi) is 4.91. The third kappa shape index (κ3) is 3.32. The molecule has 2 aromatic rings. The van der Waals surface area contributed by atoms with Crippen molar-refractivity contribution >= 4 is 26.9 Å². The van der Waals surface area contributed by atoms with Gasteiger partial charge in [0.2, 0.25) is 10.0 Å². The quantitative estimate of drug-likeness (QED) is 0.750. The number of rotatable bonds is 6. The first-order valence-electron chi connectivity index (χ1n) is 8.27. The van der Waals surface area contributed by atoms with Crippen LogP contribution in [0.25, 0.3) is 10.9 Å². The minimum absolute atomic E-state index is 0.229. The summed E-state index contributed by atoms with van der Waals surface area (Å²) in [6.07, 6.45) is 4.01. The lowest BCUT2D eigenvalue weighted by atomic mass is 10.2. The summed E-state index contributed by atoms with van der Waals surface area (Å²) >= 11 is 0. The first kappa shape index (κ1) is 17.0. The van der Waals surface area contributed by atoms with E-state index >= 15 is 0 Å². The standard InChI is InChI=1S/C17H22N2O4S/c1-2-23-17(20)8-12-18-11-7-14-13-15(5-6-16(14)18)24(21,22)19-9-3-4-10-19/h5-7,11,13H,2-4,8-10,12H2,1H3. The van der Waals surface area contributed by atoms with Crippen molar-refractivity contribution < 1.29 is 17.9 Å². The van der Waals surface area contributed by atoms with Crippen LogP contribution >= 0.6 is 0 Å². The zero-order valence-electron chi connectivity index (χ0n) is 13.8. The van der Waals surface area contributed by atoms with Gasteiger partial charge in [-0.25, -0.2) is 8.42 Å².